The van der Waals surface area contributed by atoms with Gasteiger partial charge < -0.3 is 20.9 Å². The van der Waals surface area contributed by atoms with Gasteiger partial charge in [-0.2, -0.15) is 0 Å². The lowest BCUT2D eigenvalue weighted by Gasteiger charge is -2.49. The number of carbonyl (C=O) groups is 2. The zero-order valence-electron chi connectivity index (χ0n) is 23.9. The van der Waals surface area contributed by atoms with Gasteiger partial charge in [-0.1, -0.05) is 92.2 Å². The van der Waals surface area contributed by atoms with E-state index in [1.54, 1.807) is 0 Å². The van der Waals surface area contributed by atoms with Crippen molar-refractivity contribution in [1.82, 2.24) is 25.8 Å². The molecule has 0 aromatic heterocycles. The smallest absolute Gasteiger partial charge is 0.316 e. The zero-order chi connectivity index (χ0) is 28.3. The highest BCUT2D eigenvalue weighted by Crippen LogP contribution is 2.36. The van der Waals surface area contributed by atoms with Gasteiger partial charge in [-0.15, -0.1) is 0 Å². The molecule has 1 saturated heterocycles. The van der Waals surface area contributed by atoms with Crippen LogP contribution in [0.5, 0.6) is 0 Å². The minimum absolute atomic E-state index is 0.0364. The molecule has 40 heavy (non-hydrogen) atoms. The van der Waals surface area contributed by atoms with E-state index in [0.717, 1.165) is 19.4 Å². The molecule has 1 fully saturated rings. The van der Waals surface area contributed by atoms with Crippen LogP contribution in [0, 0.1) is 5.92 Å². The molecule has 1 heterocycles. The number of piperidine rings is 1. The Kier molecular flexibility index (Phi) is 10.7. The van der Waals surface area contributed by atoms with E-state index >= 15 is 0 Å². The molecule has 0 spiro atoms. The predicted octanol–water partition coefficient (Wildman–Crippen LogP) is 4.88. The van der Waals surface area contributed by atoms with Crippen molar-refractivity contribution in [1.29, 1.82) is 0 Å². The number of nitrogens with zero attached hydrogens (tertiary/aromatic N) is 2. The maximum atomic E-state index is 13.1. The van der Waals surface area contributed by atoms with Crippen LogP contribution in [0.1, 0.15) is 53.7 Å². The summed E-state index contributed by atoms with van der Waals surface area (Å²) in [5, 5.41) is 9.50. The number of hydrogen-bond donors (Lipinski definition) is 3. The zero-order valence-corrected chi connectivity index (χ0v) is 23.9. The number of nitrogens with one attached hydrogen (secondary N) is 3. The summed E-state index contributed by atoms with van der Waals surface area (Å²) >= 11 is 0. The van der Waals surface area contributed by atoms with E-state index < -0.39 is 0 Å². The van der Waals surface area contributed by atoms with Crippen LogP contribution in [0.3, 0.4) is 0 Å². The Morgan fingerprint density at radius 2 is 1.45 bits per heavy atom. The maximum Gasteiger partial charge on any atom is 0.316 e. The van der Waals surface area contributed by atoms with Crippen molar-refractivity contribution in [2.75, 3.05) is 33.7 Å². The van der Waals surface area contributed by atoms with Crippen LogP contribution in [-0.4, -0.2) is 67.7 Å². The molecule has 7 nitrogen and oxygen atoms in total. The van der Waals surface area contributed by atoms with Gasteiger partial charge >= 0.3 is 6.03 Å². The molecular formula is C33H43N5O2. The lowest BCUT2D eigenvalue weighted by molar-refractivity contribution is 0.0103. The van der Waals surface area contributed by atoms with Gasteiger partial charge in [-0.3, -0.25) is 9.69 Å². The Balaban J connectivity index is 1.63. The highest BCUT2D eigenvalue weighted by Gasteiger charge is 2.41. The van der Waals surface area contributed by atoms with Gasteiger partial charge in [0.15, 0.2) is 0 Å². The summed E-state index contributed by atoms with van der Waals surface area (Å²) in [6, 6.07) is 30.3. The summed E-state index contributed by atoms with van der Waals surface area (Å²) in [6.45, 7) is 4.02. The number of carbonyl (C=O) groups excluding carboxylic acids is 2. The fraction of sp³-hybridized carbons (Fsp3) is 0.394. The second-order valence-corrected chi connectivity index (χ2v) is 10.8. The largest absolute Gasteiger partial charge is 0.352 e. The third-order valence-corrected chi connectivity index (χ3v) is 7.77. The number of likely N-dealkylation sites (N-methyl/N-ethyl adjacent to an activating group) is 1. The molecule has 4 rings (SSSR count). The van der Waals surface area contributed by atoms with E-state index in [2.05, 4.69) is 95.3 Å². The molecule has 3 N–H and O–H groups in total. The first-order valence-electron chi connectivity index (χ1n) is 14.4. The first-order chi connectivity index (χ1) is 19.5. The average molecular weight is 542 g/mol. The SMILES string of the molecule is CCCCNC(=O)NC1CC(CNC(=O)c2ccccc2)C(N(C)C)CN1C(c1ccccc1)c1ccccc1. The highest BCUT2D eigenvalue weighted by molar-refractivity contribution is 5.94. The summed E-state index contributed by atoms with van der Waals surface area (Å²) in [6.07, 6.45) is 2.44. The maximum absolute atomic E-state index is 13.1. The third-order valence-electron chi connectivity index (χ3n) is 7.77. The minimum atomic E-state index is -0.220. The quantitative estimate of drug-likeness (QED) is 0.302. The van der Waals surface area contributed by atoms with Gasteiger partial charge in [0.25, 0.3) is 5.91 Å². The second-order valence-electron chi connectivity index (χ2n) is 10.8. The number of amides is 3. The molecular weight excluding hydrogens is 498 g/mol. The molecule has 1 aliphatic rings. The Morgan fingerprint density at radius 3 is 2.00 bits per heavy atom. The lowest BCUT2D eigenvalue weighted by atomic mass is 9.85. The van der Waals surface area contributed by atoms with Crippen molar-refractivity contribution in [3.63, 3.8) is 0 Å². The molecule has 0 bridgehead atoms. The van der Waals surface area contributed by atoms with Crippen molar-refractivity contribution in [2.45, 2.75) is 44.4 Å². The van der Waals surface area contributed by atoms with Crippen molar-refractivity contribution >= 4 is 11.9 Å². The first-order valence-corrected chi connectivity index (χ1v) is 14.4. The van der Waals surface area contributed by atoms with E-state index in [1.165, 1.54) is 11.1 Å². The van der Waals surface area contributed by atoms with E-state index in [0.29, 0.717) is 25.1 Å². The van der Waals surface area contributed by atoms with E-state index in [4.69, 9.17) is 0 Å². The van der Waals surface area contributed by atoms with Gasteiger partial charge in [0.1, 0.15) is 0 Å². The standard InChI is InChI=1S/C33H43N5O2/c1-4-5-21-34-33(40)36-30-22-28(23-35-32(39)27-19-13-8-14-20-27)29(37(2)3)24-38(30)31(25-15-9-6-10-16-25)26-17-11-7-12-18-26/h6-20,28-31H,4-5,21-24H2,1-3H3,(H,35,39)(H2,34,36,40). The van der Waals surface area contributed by atoms with Gasteiger partial charge in [0, 0.05) is 31.2 Å². The molecule has 3 unspecified atom stereocenters. The van der Waals surface area contributed by atoms with Crippen molar-refractivity contribution in [3.05, 3.63) is 108 Å². The van der Waals surface area contributed by atoms with Crippen LogP contribution >= 0.6 is 0 Å². The lowest BCUT2D eigenvalue weighted by Crippen LogP contribution is -2.63. The van der Waals surface area contributed by atoms with Crippen LogP contribution in [0.2, 0.25) is 0 Å². The van der Waals surface area contributed by atoms with Crippen molar-refractivity contribution in [3.8, 4) is 0 Å². The molecule has 1 aliphatic heterocycles. The van der Waals surface area contributed by atoms with Crippen LogP contribution < -0.4 is 16.0 Å². The van der Waals surface area contributed by atoms with E-state index in [1.807, 2.05) is 42.5 Å². The van der Waals surface area contributed by atoms with Crippen molar-refractivity contribution in [2.24, 2.45) is 5.92 Å². The third kappa shape index (κ3) is 7.71. The Labute approximate surface area is 239 Å². The van der Waals surface area contributed by atoms with Gasteiger partial charge in [0.05, 0.1) is 12.2 Å². The second kappa shape index (κ2) is 14.6. The van der Waals surface area contributed by atoms with Crippen LogP contribution in [-0.2, 0) is 0 Å². The first kappa shape index (κ1) is 29.3. The van der Waals surface area contributed by atoms with Crippen LogP contribution in [0.25, 0.3) is 0 Å². The number of unbranched alkanes of at least 4 members (excludes halogenated alkanes) is 1. The van der Waals surface area contributed by atoms with Gasteiger partial charge in [-0.05, 0) is 56.1 Å². The van der Waals surface area contributed by atoms with Gasteiger partial charge in [0.2, 0.25) is 0 Å². The molecule has 7 heteroatoms. The molecule has 3 aromatic rings. The monoisotopic (exact) mass is 541 g/mol. The molecule has 0 aliphatic carbocycles. The summed E-state index contributed by atoms with van der Waals surface area (Å²) < 4.78 is 0. The van der Waals surface area contributed by atoms with Crippen molar-refractivity contribution < 1.29 is 9.59 Å². The van der Waals surface area contributed by atoms with Crippen LogP contribution in [0.4, 0.5) is 4.79 Å². The Morgan fingerprint density at radius 1 is 0.875 bits per heavy atom. The highest BCUT2D eigenvalue weighted by atomic mass is 16.2. The molecule has 0 saturated carbocycles. The summed E-state index contributed by atoms with van der Waals surface area (Å²) in [5.74, 6) is 0.0702. The topological polar surface area (TPSA) is 76.7 Å². The Hall–Kier alpha value is -3.68. The predicted molar refractivity (Wildman–Crippen MR) is 161 cm³/mol. The van der Waals surface area contributed by atoms with Crippen LogP contribution in [0.15, 0.2) is 91.0 Å². The minimum Gasteiger partial charge on any atom is -0.352 e. The molecule has 3 aromatic carbocycles. The fourth-order valence-electron chi connectivity index (χ4n) is 5.65. The summed E-state index contributed by atoms with van der Waals surface area (Å²) in [5.41, 5.74) is 3.01. The average Bonchev–Trinajstić information content (AvgIpc) is 2.98. The molecule has 3 amide bonds. The molecule has 0 radical (unpaired) electrons. The number of urea groups is 1. The fourth-order valence-corrected chi connectivity index (χ4v) is 5.65. The van der Waals surface area contributed by atoms with E-state index in [-0.39, 0.29) is 36.1 Å². The molecule has 212 valence electrons. The van der Waals surface area contributed by atoms with E-state index in [9.17, 15) is 9.59 Å². The number of likely N-dealkylation sites (tertiary alicyclic amines) is 1. The summed E-state index contributed by atoms with van der Waals surface area (Å²) in [4.78, 5) is 30.6. The van der Waals surface area contributed by atoms with Gasteiger partial charge in [-0.25, -0.2) is 4.79 Å². The number of hydrogen-bond acceptors (Lipinski definition) is 4. The summed E-state index contributed by atoms with van der Waals surface area (Å²) in [7, 11) is 4.19. The number of benzene rings is 3. The molecule has 3 atom stereocenters. The number of rotatable bonds is 11. The normalized spacial score (nSPS) is 19.4. The Bertz CT molecular complexity index is 1150.